The van der Waals surface area contributed by atoms with Crippen LogP contribution in [0.25, 0.3) is 0 Å². The van der Waals surface area contributed by atoms with Crippen LogP contribution in [0.4, 0.5) is 8.78 Å². The molecular weight excluding hydrogens is 256 g/mol. The number of halogens is 2. The second-order valence-corrected chi connectivity index (χ2v) is 5.07. The first-order chi connectivity index (χ1) is 9.65. The van der Waals surface area contributed by atoms with Crippen molar-refractivity contribution in [3.8, 4) is 0 Å². The fraction of sp³-hybridized carbons (Fsp3) is 0.412. The second-order valence-electron chi connectivity index (χ2n) is 5.07. The summed E-state index contributed by atoms with van der Waals surface area (Å²) in [5, 5.41) is 0. The van der Waals surface area contributed by atoms with Crippen molar-refractivity contribution in [2.24, 2.45) is 5.92 Å². The second kappa shape index (κ2) is 6.80. The molecule has 0 saturated heterocycles. The molecule has 2 atom stereocenters. The van der Waals surface area contributed by atoms with Crippen LogP contribution >= 0.6 is 0 Å². The molecule has 1 aliphatic carbocycles. The van der Waals surface area contributed by atoms with Crippen LogP contribution in [0.3, 0.4) is 0 Å². The van der Waals surface area contributed by atoms with Crippen LogP contribution in [0.2, 0.25) is 0 Å². The molecule has 0 heterocycles. The number of nitrogens with zero attached hydrogens (tertiary/aromatic N) is 1. The quantitative estimate of drug-likeness (QED) is 0.758. The molecule has 0 N–H and O–H groups in total. The molecular formula is C17H21F2N. The van der Waals surface area contributed by atoms with Gasteiger partial charge in [0.2, 0.25) is 0 Å². The van der Waals surface area contributed by atoms with E-state index in [-0.39, 0.29) is 23.6 Å². The zero-order valence-corrected chi connectivity index (χ0v) is 12.0. The first-order valence-electron chi connectivity index (χ1n) is 7.19. The van der Waals surface area contributed by atoms with Gasteiger partial charge in [0.1, 0.15) is 11.6 Å². The van der Waals surface area contributed by atoms with Gasteiger partial charge in [-0.25, -0.2) is 8.78 Å². The lowest BCUT2D eigenvalue weighted by molar-refractivity contribution is 0.176. The van der Waals surface area contributed by atoms with Gasteiger partial charge in [0, 0.05) is 12.0 Å². The summed E-state index contributed by atoms with van der Waals surface area (Å²) in [4.78, 5) is 2.33. The Morgan fingerprint density at radius 2 is 1.80 bits per heavy atom. The molecule has 0 fully saturated rings. The molecule has 0 spiro atoms. The molecule has 2 rings (SSSR count). The molecule has 0 radical (unpaired) electrons. The van der Waals surface area contributed by atoms with E-state index in [4.69, 9.17) is 0 Å². The van der Waals surface area contributed by atoms with Gasteiger partial charge in [-0.3, -0.25) is 4.90 Å². The maximum absolute atomic E-state index is 13.2. The fourth-order valence-electron chi connectivity index (χ4n) is 2.85. The molecule has 0 amide bonds. The van der Waals surface area contributed by atoms with Crippen LogP contribution in [-0.4, -0.2) is 18.0 Å². The van der Waals surface area contributed by atoms with E-state index in [1.54, 1.807) is 6.08 Å². The normalized spacial score (nSPS) is 20.1. The SMILES string of the molecule is CCN(CC)C(c1ccc(F)cc1)C1C=CC(F)=CC1. The minimum absolute atomic E-state index is 0.159. The van der Waals surface area contributed by atoms with Crippen LogP contribution in [0.15, 0.2) is 48.3 Å². The summed E-state index contributed by atoms with van der Waals surface area (Å²) in [7, 11) is 0. The van der Waals surface area contributed by atoms with Crippen LogP contribution in [0.5, 0.6) is 0 Å². The fourth-order valence-corrected chi connectivity index (χ4v) is 2.85. The van der Waals surface area contributed by atoms with E-state index in [0.717, 1.165) is 18.7 Å². The molecule has 1 aromatic rings. The van der Waals surface area contributed by atoms with Gasteiger partial charge in [0.25, 0.3) is 0 Å². The highest BCUT2D eigenvalue weighted by atomic mass is 19.1. The minimum Gasteiger partial charge on any atom is -0.296 e. The summed E-state index contributed by atoms with van der Waals surface area (Å²) in [5.41, 5.74) is 1.08. The van der Waals surface area contributed by atoms with E-state index in [1.165, 1.54) is 18.2 Å². The topological polar surface area (TPSA) is 3.24 Å². The van der Waals surface area contributed by atoms with Gasteiger partial charge in [0.15, 0.2) is 0 Å². The van der Waals surface area contributed by atoms with Gasteiger partial charge in [-0.05, 0) is 49.4 Å². The Morgan fingerprint density at radius 3 is 2.30 bits per heavy atom. The van der Waals surface area contributed by atoms with Crippen molar-refractivity contribution in [3.63, 3.8) is 0 Å². The summed E-state index contributed by atoms with van der Waals surface area (Å²) >= 11 is 0. The number of rotatable bonds is 5. The average molecular weight is 277 g/mol. The molecule has 2 unspecified atom stereocenters. The van der Waals surface area contributed by atoms with Crippen LogP contribution in [0.1, 0.15) is 31.9 Å². The Bertz CT molecular complexity index is 486. The molecule has 0 aliphatic heterocycles. The van der Waals surface area contributed by atoms with Crippen LogP contribution in [0, 0.1) is 11.7 Å². The van der Waals surface area contributed by atoms with Gasteiger partial charge in [-0.15, -0.1) is 0 Å². The van der Waals surface area contributed by atoms with Gasteiger partial charge in [-0.2, -0.15) is 0 Å². The van der Waals surface area contributed by atoms with Crippen LogP contribution in [-0.2, 0) is 0 Å². The van der Waals surface area contributed by atoms with Crippen LogP contribution < -0.4 is 0 Å². The van der Waals surface area contributed by atoms with Crippen molar-refractivity contribution >= 4 is 0 Å². The van der Waals surface area contributed by atoms with E-state index < -0.39 is 0 Å². The van der Waals surface area contributed by atoms with Crippen molar-refractivity contribution in [1.82, 2.24) is 4.90 Å². The van der Waals surface area contributed by atoms with Crippen molar-refractivity contribution < 1.29 is 8.78 Å². The molecule has 1 nitrogen and oxygen atoms in total. The summed E-state index contributed by atoms with van der Waals surface area (Å²) in [6, 6.07) is 6.82. The summed E-state index contributed by atoms with van der Waals surface area (Å²) in [5.74, 6) is -0.171. The molecule has 1 aliphatic rings. The van der Waals surface area contributed by atoms with Gasteiger partial charge < -0.3 is 0 Å². The largest absolute Gasteiger partial charge is 0.296 e. The Morgan fingerprint density at radius 1 is 1.15 bits per heavy atom. The number of allylic oxidation sites excluding steroid dienone is 3. The molecule has 0 aromatic heterocycles. The van der Waals surface area contributed by atoms with E-state index in [9.17, 15) is 8.78 Å². The summed E-state index contributed by atoms with van der Waals surface area (Å²) < 4.78 is 26.3. The monoisotopic (exact) mass is 277 g/mol. The lowest BCUT2D eigenvalue weighted by atomic mass is 9.86. The van der Waals surface area contributed by atoms with Gasteiger partial charge >= 0.3 is 0 Å². The Hall–Kier alpha value is -1.48. The highest BCUT2D eigenvalue weighted by molar-refractivity contribution is 5.26. The Kier molecular flexibility index (Phi) is 5.07. The summed E-state index contributed by atoms with van der Waals surface area (Å²) in [6.45, 7) is 6.05. The van der Waals surface area contributed by atoms with Crippen molar-refractivity contribution in [2.75, 3.05) is 13.1 Å². The lowest BCUT2D eigenvalue weighted by Gasteiger charge is -2.35. The van der Waals surface area contributed by atoms with E-state index in [2.05, 4.69) is 18.7 Å². The third kappa shape index (κ3) is 3.34. The smallest absolute Gasteiger partial charge is 0.123 e. The third-order valence-electron chi connectivity index (χ3n) is 3.91. The Labute approximate surface area is 119 Å². The van der Waals surface area contributed by atoms with Crippen molar-refractivity contribution in [1.29, 1.82) is 0 Å². The first-order valence-corrected chi connectivity index (χ1v) is 7.19. The molecule has 20 heavy (non-hydrogen) atoms. The molecule has 1 aromatic carbocycles. The van der Waals surface area contributed by atoms with E-state index >= 15 is 0 Å². The highest BCUT2D eigenvalue weighted by Crippen LogP contribution is 2.34. The molecule has 0 bridgehead atoms. The highest BCUT2D eigenvalue weighted by Gasteiger charge is 2.26. The molecule has 108 valence electrons. The average Bonchev–Trinajstić information content (AvgIpc) is 2.47. The van der Waals surface area contributed by atoms with Crippen molar-refractivity contribution in [3.05, 3.63) is 59.7 Å². The first kappa shape index (κ1) is 14.9. The minimum atomic E-state index is -0.225. The molecule has 0 saturated carbocycles. The predicted molar refractivity (Wildman–Crippen MR) is 78.5 cm³/mol. The summed E-state index contributed by atoms with van der Waals surface area (Å²) in [6.07, 6.45) is 5.78. The van der Waals surface area contributed by atoms with E-state index in [0.29, 0.717) is 6.42 Å². The maximum atomic E-state index is 13.2. The third-order valence-corrected chi connectivity index (χ3v) is 3.91. The number of benzene rings is 1. The maximum Gasteiger partial charge on any atom is 0.123 e. The lowest BCUT2D eigenvalue weighted by Crippen LogP contribution is -2.33. The number of hydrogen-bond acceptors (Lipinski definition) is 1. The Balaban J connectivity index is 2.30. The predicted octanol–water partition coefficient (Wildman–Crippen LogP) is 4.64. The zero-order chi connectivity index (χ0) is 14.5. The molecule has 3 heteroatoms. The van der Waals surface area contributed by atoms with E-state index in [1.807, 2.05) is 18.2 Å². The standard InChI is InChI=1S/C17H21F2N/c1-3-20(4-2)17(13-5-9-15(18)10-6-13)14-7-11-16(19)12-8-14/h5-7,9-12,14,17H,3-4,8H2,1-2H3. The zero-order valence-electron chi connectivity index (χ0n) is 12.0. The number of hydrogen-bond donors (Lipinski definition) is 0. The van der Waals surface area contributed by atoms with Gasteiger partial charge in [-0.1, -0.05) is 32.1 Å². The van der Waals surface area contributed by atoms with Crippen molar-refractivity contribution in [2.45, 2.75) is 26.3 Å². The van der Waals surface area contributed by atoms with Gasteiger partial charge in [0.05, 0.1) is 0 Å².